The van der Waals surface area contributed by atoms with Crippen LogP contribution in [-0.4, -0.2) is 5.78 Å². The molecule has 0 spiro atoms. The van der Waals surface area contributed by atoms with Gasteiger partial charge in [0.2, 0.25) is 0 Å². The van der Waals surface area contributed by atoms with E-state index in [4.69, 9.17) is 0 Å². The van der Waals surface area contributed by atoms with Gasteiger partial charge in [-0.25, -0.2) is 0 Å². The minimum absolute atomic E-state index is 0.330. The van der Waals surface area contributed by atoms with Crippen LogP contribution in [0.15, 0.2) is 0 Å². The average molecular weight is 170 g/mol. The second-order valence-corrected chi connectivity index (χ2v) is 3.79. The Kier molecular flexibility index (Phi) is 6.04. The van der Waals surface area contributed by atoms with E-state index in [1.165, 1.54) is 12.8 Å². The standard InChI is InChI=1S/C11H22O/c1-5-9(3)11(6-2)8-7-10(4)12/h9,11H,5-8H2,1-4H3. The van der Waals surface area contributed by atoms with Gasteiger partial charge in [-0.05, 0) is 25.2 Å². The van der Waals surface area contributed by atoms with Crippen LogP contribution in [0.4, 0.5) is 0 Å². The number of ketones is 1. The first-order valence-corrected chi connectivity index (χ1v) is 5.11. The van der Waals surface area contributed by atoms with Gasteiger partial charge in [-0.15, -0.1) is 0 Å². The fraction of sp³-hybridized carbons (Fsp3) is 0.909. The van der Waals surface area contributed by atoms with Gasteiger partial charge in [0, 0.05) is 6.42 Å². The molecule has 0 radical (unpaired) electrons. The van der Waals surface area contributed by atoms with Crippen LogP contribution in [0.25, 0.3) is 0 Å². The topological polar surface area (TPSA) is 17.1 Å². The van der Waals surface area contributed by atoms with Gasteiger partial charge in [0.25, 0.3) is 0 Å². The van der Waals surface area contributed by atoms with Crippen molar-refractivity contribution in [3.8, 4) is 0 Å². The Labute approximate surface area is 76.6 Å². The molecule has 2 atom stereocenters. The van der Waals surface area contributed by atoms with Crippen LogP contribution in [0.5, 0.6) is 0 Å². The summed E-state index contributed by atoms with van der Waals surface area (Å²) in [6.07, 6.45) is 4.29. The van der Waals surface area contributed by atoms with E-state index in [9.17, 15) is 4.79 Å². The maximum absolute atomic E-state index is 10.8. The summed E-state index contributed by atoms with van der Waals surface area (Å²) in [7, 11) is 0. The third-order valence-electron chi connectivity index (χ3n) is 2.84. The van der Waals surface area contributed by atoms with Crippen LogP contribution < -0.4 is 0 Å². The lowest BCUT2D eigenvalue weighted by atomic mass is 9.85. The lowest BCUT2D eigenvalue weighted by Crippen LogP contribution is -2.11. The van der Waals surface area contributed by atoms with Gasteiger partial charge in [-0.1, -0.05) is 33.6 Å². The molecule has 12 heavy (non-hydrogen) atoms. The molecule has 0 aromatic carbocycles. The molecule has 0 fully saturated rings. The maximum atomic E-state index is 10.8. The Morgan fingerprint density at radius 2 is 1.83 bits per heavy atom. The summed E-state index contributed by atoms with van der Waals surface area (Å²) in [6, 6.07) is 0. The summed E-state index contributed by atoms with van der Waals surface area (Å²) in [5, 5.41) is 0. The third-order valence-corrected chi connectivity index (χ3v) is 2.84. The van der Waals surface area contributed by atoms with Gasteiger partial charge in [0.1, 0.15) is 5.78 Å². The Balaban J connectivity index is 3.74. The van der Waals surface area contributed by atoms with Crippen molar-refractivity contribution in [2.24, 2.45) is 11.8 Å². The molecule has 72 valence electrons. The monoisotopic (exact) mass is 170 g/mol. The molecule has 0 saturated heterocycles. The van der Waals surface area contributed by atoms with Crippen molar-refractivity contribution in [2.75, 3.05) is 0 Å². The van der Waals surface area contributed by atoms with E-state index in [0.717, 1.165) is 24.7 Å². The normalized spacial score (nSPS) is 15.7. The van der Waals surface area contributed by atoms with E-state index in [1.54, 1.807) is 6.92 Å². The van der Waals surface area contributed by atoms with E-state index < -0.39 is 0 Å². The van der Waals surface area contributed by atoms with Gasteiger partial charge in [-0.3, -0.25) is 0 Å². The molecule has 1 heteroatoms. The molecule has 0 saturated carbocycles. The molecule has 0 heterocycles. The van der Waals surface area contributed by atoms with Crippen molar-refractivity contribution in [2.45, 2.75) is 53.4 Å². The van der Waals surface area contributed by atoms with Gasteiger partial charge in [0.15, 0.2) is 0 Å². The Hall–Kier alpha value is -0.330. The summed E-state index contributed by atoms with van der Waals surface area (Å²) in [5.41, 5.74) is 0. The number of rotatable bonds is 6. The zero-order valence-corrected chi connectivity index (χ0v) is 8.89. The summed E-state index contributed by atoms with van der Waals surface area (Å²) < 4.78 is 0. The molecule has 0 aliphatic carbocycles. The van der Waals surface area contributed by atoms with Crippen molar-refractivity contribution in [3.05, 3.63) is 0 Å². The molecule has 0 bridgehead atoms. The lowest BCUT2D eigenvalue weighted by molar-refractivity contribution is -0.117. The predicted molar refractivity (Wildman–Crippen MR) is 53.2 cm³/mol. The Morgan fingerprint density at radius 3 is 2.17 bits per heavy atom. The number of carbonyl (C=O) groups excluding carboxylic acids is 1. The van der Waals surface area contributed by atoms with E-state index >= 15 is 0 Å². The van der Waals surface area contributed by atoms with Crippen molar-refractivity contribution < 1.29 is 4.79 Å². The van der Waals surface area contributed by atoms with E-state index in [-0.39, 0.29) is 0 Å². The van der Waals surface area contributed by atoms with Crippen molar-refractivity contribution in [1.82, 2.24) is 0 Å². The molecular formula is C11H22O. The summed E-state index contributed by atoms with van der Waals surface area (Å²) >= 11 is 0. The highest BCUT2D eigenvalue weighted by Gasteiger charge is 2.13. The zero-order valence-electron chi connectivity index (χ0n) is 8.89. The first-order chi connectivity index (χ1) is 5.61. The average Bonchev–Trinajstić information content (AvgIpc) is 2.04. The van der Waals surface area contributed by atoms with Crippen LogP contribution >= 0.6 is 0 Å². The predicted octanol–water partition coefficient (Wildman–Crippen LogP) is 3.43. The molecule has 0 aromatic rings. The van der Waals surface area contributed by atoms with E-state index in [0.29, 0.717) is 5.78 Å². The summed E-state index contributed by atoms with van der Waals surface area (Å²) in [4.78, 5) is 10.8. The van der Waals surface area contributed by atoms with Crippen LogP contribution in [0.2, 0.25) is 0 Å². The fourth-order valence-corrected chi connectivity index (χ4v) is 1.61. The van der Waals surface area contributed by atoms with Crippen molar-refractivity contribution >= 4 is 5.78 Å². The smallest absolute Gasteiger partial charge is 0.129 e. The Bertz CT molecular complexity index is 129. The van der Waals surface area contributed by atoms with E-state index in [2.05, 4.69) is 20.8 Å². The summed E-state index contributed by atoms with van der Waals surface area (Å²) in [5.74, 6) is 1.85. The molecule has 0 aliphatic rings. The minimum atomic E-state index is 0.330. The number of Topliss-reactive ketones (excluding diaryl/α,β-unsaturated/α-hetero) is 1. The molecule has 1 nitrogen and oxygen atoms in total. The highest BCUT2D eigenvalue weighted by atomic mass is 16.1. The molecule has 0 aromatic heterocycles. The molecule has 0 amide bonds. The van der Waals surface area contributed by atoms with Gasteiger partial charge < -0.3 is 4.79 Å². The SMILES string of the molecule is CCC(C)C(CC)CCC(C)=O. The van der Waals surface area contributed by atoms with Crippen LogP contribution in [0, 0.1) is 11.8 Å². The molecule has 2 unspecified atom stereocenters. The zero-order chi connectivity index (χ0) is 9.56. The number of hydrogen-bond donors (Lipinski definition) is 0. The second kappa shape index (κ2) is 6.22. The molecule has 0 N–H and O–H groups in total. The van der Waals surface area contributed by atoms with Gasteiger partial charge >= 0.3 is 0 Å². The molecule has 0 rings (SSSR count). The van der Waals surface area contributed by atoms with E-state index in [1.807, 2.05) is 0 Å². The van der Waals surface area contributed by atoms with Crippen LogP contribution in [0.3, 0.4) is 0 Å². The maximum Gasteiger partial charge on any atom is 0.129 e. The second-order valence-electron chi connectivity index (χ2n) is 3.79. The molecule has 0 aliphatic heterocycles. The largest absolute Gasteiger partial charge is 0.300 e. The van der Waals surface area contributed by atoms with Gasteiger partial charge in [0.05, 0.1) is 0 Å². The number of hydrogen-bond acceptors (Lipinski definition) is 1. The quantitative estimate of drug-likeness (QED) is 0.597. The third kappa shape index (κ3) is 4.53. The van der Waals surface area contributed by atoms with Gasteiger partial charge in [-0.2, -0.15) is 0 Å². The van der Waals surface area contributed by atoms with Crippen LogP contribution in [0.1, 0.15) is 53.4 Å². The molecular weight excluding hydrogens is 148 g/mol. The highest BCUT2D eigenvalue weighted by Crippen LogP contribution is 2.23. The lowest BCUT2D eigenvalue weighted by Gasteiger charge is -2.20. The van der Waals surface area contributed by atoms with Crippen LogP contribution in [-0.2, 0) is 4.79 Å². The van der Waals surface area contributed by atoms with Crippen molar-refractivity contribution in [1.29, 1.82) is 0 Å². The minimum Gasteiger partial charge on any atom is -0.300 e. The Morgan fingerprint density at radius 1 is 1.25 bits per heavy atom. The fourth-order valence-electron chi connectivity index (χ4n) is 1.61. The first kappa shape index (κ1) is 11.7. The van der Waals surface area contributed by atoms with Crippen molar-refractivity contribution in [3.63, 3.8) is 0 Å². The summed E-state index contributed by atoms with van der Waals surface area (Å²) in [6.45, 7) is 8.41. The first-order valence-electron chi connectivity index (χ1n) is 5.11. The number of carbonyl (C=O) groups is 1. The highest BCUT2D eigenvalue weighted by molar-refractivity contribution is 5.75.